The molecule has 0 radical (unpaired) electrons. The van der Waals surface area contributed by atoms with E-state index in [1.54, 1.807) is 12.1 Å². The van der Waals surface area contributed by atoms with E-state index in [1.165, 1.54) is 0 Å². The summed E-state index contributed by atoms with van der Waals surface area (Å²) in [5.41, 5.74) is 6.44. The molecule has 1 saturated heterocycles. The van der Waals surface area contributed by atoms with Crippen molar-refractivity contribution in [1.29, 1.82) is 0 Å². The minimum atomic E-state index is 0.102. The van der Waals surface area contributed by atoms with Gasteiger partial charge >= 0.3 is 0 Å². The summed E-state index contributed by atoms with van der Waals surface area (Å²) in [5, 5.41) is 0. The molecule has 0 amide bonds. The Morgan fingerprint density at radius 2 is 1.81 bits per heavy atom. The first-order valence-corrected chi connectivity index (χ1v) is 5.26. The maximum absolute atomic E-state index is 5.87. The standard InChI is InChI=1S/C11H13NO4/c12-8-3-10-11(15-2-1-14-10)4-9(8)16-7-5-13-6-7/h3-4,7H,1-2,5-6,12H2. The highest BCUT2D eigenvalue weighted by atomic mass is 16.6. The third-order valence-corrected chi connectivity index (χ3v) is 2.58. The number of hydrogen-bond donors (Lipinski definition) is 1. The van der Waals surface area contributed by atoms with E-state index in [0.717, 1.165) is 0 Å². The Hall–Kier alpha value is -1.62. The fraction of sp³-hybridized carbons (Fsp3) is 0.455. The molecule has 2 aliphatic heterocycles. The van der Waals surface area contributed by atoms with Gasteiger partial charge in [0.05, 0.1) is 18.9 Å². The number of hydrogen-bond acceptors (Lipinski definition) is 5. The quantitative estimate of drug-likeness (QED) is 0.752. The van der Waals surface area contributed by atoms with Gasteiger partial charge in [0.25, 0.3) is 0 Å². The van der Waals surface area contributed by atoms with Gasteiger partial charge in [-0.25, -0.2) is 0 Å². The summed E-state index contributed by atoms with van der Waals surface area (Å²) in [6, 6.07) is 3.52. The van der Waals surface area contributed by atoms with Crippen molar-refractivity contribution in [1.82, 2.24) is 0 Å². The maximum atomic E-state index is 5.87. The summed E-state index contributed by atoms with van der Waals surface area (Å²) in [7, 11) is 0. The number of ether oxygens (including phenoxy) is 4. The highest BCUT2D eigenvalue weighted by Gasteiger charge is 2.23. The van der Waals surface area contributed by atoms with Gasteiger partial charge in [0.1, 0.15) is 25.1 Å². The number of nitrogens with two attached hydrogens (primary N) is 1. The Morgan fingerprint density at radius 1 is 1.12 bits per heavy atom. The normalized spacial score (nSPS) is 19.0. The van der Waals surface area contributed by atoms with Crippen LogP contribution in [0.15, 0.2) is 12.1 Å². The molecule has 86 valence electrons. The van der Waals surface area contributed by atoms with Crippen LogP contribution >= 0.6 is 0 Å². The van der Waals surface area contributed by atoms with Crippen LogP contribution in [-0.2, 0) is 4.74 Å². The van der Waals surface area contributed by atoms with Crippen LogP contribution in [-0.4, -0.2) is 32.5 Å². The second-order valence-corrected chi connectivity index (χ2v) is 3.81. The lowest BCUT2D eigenvalue weighted by molar-refractivity contribution is -0.0794. The van der Waals surface area contributed by atoms with E-state index >= 15 is 0 Å². The van der Waals surface area contributed by atoms with Crippen LogP contribution in [0.5, 0.6) is 17.2 Å². The highest BCUT2D eigenvalue weighted by molar-refractivity contribution is 5.62. The SMILES string of the molecule is Nc1cc2c(cc1OC1COC1)OCCO2. The summed E-state index contributed by atoms with van der Waals surface area (Å²) in [6.45, 7) is 2.35. The van der Waals surface area contributed by atoms with Crippen molar-refractivity contribution in [3.05, 3.63) is 12.1 Å². The van der Waals surface area contributed by atoms with E-state index in [2.05, 4.69) is 0 Å². The summed E-state index contributed by atoms with van der Waals surface area (Å²) in [5.74, 6) is 2.01. The first-order chi connectivity index (χ1) is 7.83. The highest BCUT2D eigenvalue weighted by Crippen LogP contribution is 2.38. The molecule has 0 atom stereocenters. The largest absolute Gasteiger partial charge is 0.486 e. The van der Waals surface area contributed by atoms with Crippen molar-refractivity contribution in [2.45, 2.75) is 6.10 Å². The summed E-state index contributed by atoms with van der Waals surface area (Å²) in [6.07, 6.45) is 0.102. The van der Waals surface area contributed by atoms with Crippen molar-refractivity contribution in [3.8, 4) is 17.2 Å². The molecule has 1 fully saturated rings. The maximum Gasteiger partial charge on any atom is 0.165 e. The monoisotopic (exact) mass is 223 g/mol. The Morgan fingerprint density at radius 3 is 2.44 bits per heavy atom. The van der Waals surface area contributed by atoms with Gasteiger partial charge in [0.15, 0.2) is 11.5 Å². The zero-order valence-corrected chi connectivity index (χ0v) is 8.77. The van der Waals surface area contributed by atoms with E-state index < -0.39 is 0 Å². The van der Waals surface area contributed by atoms with Crippen LogP contribution in [0.4, 0.5) is 5.69 Å². The predicted molar refractivity (Wildman–Crippen MR) is 57.1 cm³/mol. The van der Waals surface area contributed by atoms with Gasteiger partial charge in [-0.05, 0) is 0 Å². The Bertz CT molecular complexity index is 403. The van der Waals surface area contributed by atoms with E-state index in [-0.39, 0.29) is 6.10 Å². The molecule has 0 spiro atoms. The van der Waals surface area contributed by atoms with E-state index in [1.807, 2.05) is 0 Å². The molecule has 2 heterocycles. The molecular formula is C11H13NO4. The van der Waals surface area contributed by atoms with E-state index in [9.17, 15) is 0 Å². The molecule has 5 nitrogen and oxygen atoms in total. The number of benzene rings is 1. The number of nitrogen functional groups attached to an aromatic ring is 1. The molecule has 1 aromatic rings. The molecule has 0 aromatic heterocycles. The van der Waals surface area contributed by atoms with Crippen LogP contribution < -0.4 is 19.9 Å². The van der Waals surface area contributed by atoms with E-state index in [4.69, 9.17) is 24.7 Å². The van der Waals surface area contributed by atoms with Crippen LogP contribution in [0.25, 0.3) is 0 Å². The molecule has 0 bridgehead atoms. The molecule has 5 heteroatoms. The number of rotatable bonds is 2. The third-order valence-electron chi connectivity index (χ3n) is 2.58. The van der Waals surface area contributed by atoms with Crippen LogP contribution in [0.3, 0.4) is 0 Å². The first kappa shape index (κ1) is 9.59. The zero-order chi connectivity index (χ0) is 11.0. The molecule has 0 saturated carbocycles. The van der Waals surface area contributed by atoms with Crippen molar-refractivity contribution in [2.75, 3.05) is 32.2 Å². The second-order valence-electron chi connectivity index (χ2n) is 3.81. The molecule has 2 aliphatic rings. The predicted octanol–water partition coefficient (Wildman–Crippen LogP) is 0.818. The lowest BCUT2D eigenvalue weighted by atomic mass is 10.2. The van der Waals surface area contributed by atoms with Crippen molar-refractivity contribution >= 4 is 5.69 Å². The number of fused-ring (bicyclic) bond motifs is 1. The Kier molecular flexibility index (Phi) is 2.25. The van der Waals surface area contributed by atoms with Crippen LogP contribution in [0.1, 0.15) is 0 Å². The fourth-order valence-corrected chi connectivity index (χ4v) is 1.65. The minimum absolute atomic E-state index is 0.102. The zero-order valence-electron chi connectivity index (χ0n) is 8.77. The minimum Gasteiger partial charge on any atom is -0.486 e. The van der Waals surface area contributed by atoms with Gasteiger partial charge in [-0.2, -0.15) is 0 Å². The fourth-order valence-electron chi connectivity index (χ4n) is 1.65. The van der Waals surface area contributed by atoms with Gasteiger partial charge in [-0.3, -0.25) is 0 Å². The lowest BCUT2D eigenvalue weighted by Crippen LogP contribution is -2.38. The van der Waals surface area contributed by atoms with Crippen LogP contribution in [0, 0.1) is 0 Å². The van der Waals surface area contributed by atoms with Gasteiger partial charge in [-0.15, -0.1) is 0 Å². The number of anilines is 1. The van der Waals surface area contributed by atoms with Gasteiger partial charge < -0.3 is 24.7 Å². The average molecular weight is 223 g/mol. The molecule has 3 rings (SSSR count). The van der Waals surface area contributed by atoms with Crippen molar-refractivity contribution in [3.63, 3.8) is 0 Å². The van der Waals surface area contributed by atoms with Crippen LogP contribution in [0.2, 0.25) is 0 Å². The topological polar surface area (TPSA) is 62.9 Å². The van der Waals surface area contributed by atoms with Crippen molar-refractivity contribution in [2.24, 2.45) is 0 Å². The molecule has 2 N–H and O–H groups in total. The summed E-state index contributed by atoms with van der Waals surface area (Å²) >= 11 is 0. The molecule has 0 unspecified atom stereocenters. The van der Waals surface area contributed by atoms with Crippen molar-refractivity contribution < 1.29 is 18.9 Å². The van der Waals surface area contributed by atoms with Gasteiger partial charge in [-0.1, -0.05) is 0 Å². The summed E-state index contributed by atoms with van der Waals surface area (Å²) < 4.78 is 21.6. The third kappa shape index (κ3) is 1.63. The molecular weight excluding hydrogens is 210 g/mol. The lowest BCUT2D eigenvalue weighted by Gasteiger charge is -2.28. The first-order valence-electron chi connectivity index (χ1n) is 5.26. The smallest absolute Gasteiger partial charge is 0.165 e. The molecule has 1 aromatic carbocycles. The molecule has 16 heavy (non-hydrogen) atoms. The second kappa shape index (κ2) is 3.75. The molecule has 0 aliphatic carbocycles. The van der Waals surface area contributed by atoms with Gasteiger partial charge in [0.2, 0.25) is 0 Å². The Balaban J connectivity index is 1.86. The van der Waals surface area contributed by atoms with E-state index in [0.29, 0.717) is 49.4 Å². The Labute approximate surface area is 93.0 Å². The van der Waals surface area contributed by atoms with Gasteiger partial charge in [0, 0.05) is 12.1 Å². The average Bonchev–Trinajstić information content (AvgIpc) is 2.23. The summed E-state index contributed by atoms with van der Waals surface area (Å²) in [4.78, 5) is 0.